The molecule has 476 valence electrons. The van der Waals surface area contributed by atoms with Crippen LogP contribution in [0.4, 0.5) is 0 Å². The lowest BCUT2D eigenvalue weighted by molar-refractivity contribution is -0.295. The molecule has 0 aromatic rings. The first-order chi connectivity index (χ1) is 37.8. The topological polar surface area (TPSA) is 129 Å². The molecule has 79 heavy (non-hydrogen) atoms. The first-order valence-corrected chi connectivity index (χ1v) is 49.2. The molecule has 0 aliphatic heterocycles. The molecule has 0 aliphatic rings. The zero-order chi connectivity index (χ0) is 59.1. The fourth-order valence-corrected chi connectivity index (χ4v) is 34.4. The minimum Gasteiger partial charge on any atom is -0.417 e. The van der Waals surface area contributed by atoms with Crippen LogP contribution in [-0.4, -0.2) is 137 Å². The van der Waals surface area contributed by atoms with Crippen molar-refractivity contribution in [3.63, 3.8) is 0 Å². The Kier molecular flexibility index (Phi) is 49.6. The number of hydrogen-bond donors (Lipinski definition) is 0. The van der Waals surface area contributed by atoms with Crippen molar-refractivity contribution >= 4 is 60.2 Å². The van der Waals surface area contributed by atoms with E-state index in [0.717, 1.165) is 87.4 Å². The highest BCUT2D eigenvalue weighted by Crippen LogP contribution is 2.36. The summed E-state index contributed by atoms with van der Waals surface area (Å²) in [4.78, 5) is 10.9. The lowest BCUT2D eigenvalue weighted by Crippen LogP contribution is -2.61. The fourth-order valence-electron chi connectivity index (χ4n) is 10.9. The van der Waals surface area contributed by atoms with E-state index in [-0.39, 0.29) is 0 Å². The molecule has 0 saturated carbocycles. The van der Waals surface area contributed by atoms with Crippen LogP contribution in [-0.2, 0) is 62.0 Å². The molecule has 0 spiro atoms. The van der Waals surface area contributed by atoms with Crippen molar-refractivity contribution in [3.05, 3.63) is 0 Å². The largest absolute Gasteiger partial charge is 0.500 e. The second-order valence-electron chi connectivity index (χ2n) is 24.4. The van der Waals surface area contributed by atoms with E-state index in [2.05, 4.69) is 46.2 Å². The predicted molar refractivity (Wildman–Crippen MR) is 345 cm³/mol. The molecular weight excluding hydrogens is 1120 g/mol. The van der Waals surface area contributed by atoms with Crippen molar-refractivity contribution in [2.24, 2.45) is 0 Å². The van der Waals surface area contributed by atoms with Gasteiger partial charge in [0.1, 0.15) is 0 Å². The molecule has 0 aliphatic carbocycles. The summed E-state index contributed by atoms with van der Waals surface area (Å²) < 4.78 is 74.4. The summed E-state index contributed by atoms with van der Waals surface area (Å²) >= 11 is 0. The van der Waals surface area contributed by atoms with Crippen LogP contribution in [0.25, 0.3) is 0 Å². The smallest absolute Gasteiger partial charge is 0.417 e. The normalized spacial score (nSPS) is 13.4. The van der Waals surface area contributed by atoms with E-state index >= 15 is 0 Å². The van der Waals surface area contributed by atoms with E-state index in [4.69, 9.17) is 62.0 Å². The van der Waals surface area contributed by atoms with Gasteiger partial charge in [-0.05, 0) is 95.9 Å². The quantitative estimate of drug-likeness (QED) is 0.0248. The van der Waals surface area contributed by atoms with Crippen molar-refractivity contribution in [2.45, 2.75) is 300 Å². The maximum Gasteiger partial charge on any atom is 0.500 e. The van der Waals surface area contributed by atoms with E-state index < -0.39 is 60.2 Å². The van der Waals surface area contributed by atoms with Crippen molar-refractivity contribution in [3.8, 4) is 0 Å². The molecule has 0 heterocycles. The van der Waals surface area contributed by atoms with Gasteiger partial charge in [-0.25, -0.2) is 9.78 Å². The van der Waals surface area contributed by atoms with E-state index in [0.29, 0.717) is 6.61 Å². The summed E-state index contributed by atoms with van der Waals surface area (Å²) in [5.74, 6) is 0. The van der Waals surface area contributed by atoms with Crippen LogP contribution in [0.1, 0.15) is 219 Å². The maximum absolute atomic E-state index is 7.80. The molecule has 21 heteroatoms. The summed E-state index contributed by atoms with van der Waals surface area (Å²) in [6.45, 7) is 18.5. The first-order valence-electron chi connectivity index (χ1n) is 32.2. The summed E-state index contributed by atoms with van der Waals surface area (Å²) in [5, 5.41) is 0. The second-order valence-corrected chi connectivity index (χ2v) is 50.0. The zero-order valence-electron chi connectivity index (χ0n) is 54.9. The SMILES string of the molecule is CCCCCCCCOOCCCCCCCCCCC[Si](O[Si](C)(C)CCCCCCCC[Si](OC)(OC)OC)(O[Si](C)(C)CCCCCCCC[Si](OC)(OC)OC)O[Si](C)(C)CCCCCCCC[Si](OC)(OC)OC. The fraction of sp³-hybridized carbons (Fsp3) is 1.00. The Bertz CT molecular complexity index is 1200. The number of rotatable bonds is 62. The van der Waals surface area contributed by atoms with Gasteiger partial charge in [0, 0.05) is 88.2 Å². The van der Waals surface area contributed by atoms with E-state index in [1.165, 1.54) is 173 Å². The van der Waals surface area contributed by atoms with Gasteiger partial charge < -0.3 is 52.2 Å². The third kappa shape index (κ3) is 40.9. The highest BCUT2D eigenvalue weighted by molar-refractivity contribution is 6.90. The highest BCUT2D eigenvalue weighted by Gasteiger charge is 2.52. The Hall–Kier alpha value is 0.958. The Balaban J connectivity index is 5.94. The van der Waals surface area contributed by atoms with E-state index in [9.17, 15) is 0 Å². The summed E-state index contributed by atoms with van der Waals surface area (Å²) in [6, 6.07) is 6.94. The molecular formula is C58H132O14Si7. The van der Waals surface area contributed by atoms with Gasteiger partial charge in [-0.3, -0.25) is 0 Å². The molecule has 14 nitrogen and oxygen atoms in total. The first kappa shape index (κ1) is 80.0. The zero-order valence-corrected chi connectivity index (χ0v) is 61.9. The van der Waals surface area contributed by atoms with Crippen LogP contribution < -0.4 is 0 Å². The lowest BCUT2D eigenvalue weighted by Gasteiger charge is -2.45. The van der Waals surface area contributed by atoms with E-state index in [1.54, 1.807) is 64.0 Å². The van der Waals surface area contributed by atoms with Crippen LogP contribution in [0, 0.1) is 0 Å². The van der Waals surface area contributed by atoms with Gasteiger partial charge in [-0.15, -0.1) is 0 Å². The third-order valence-corrected chi connectivity index (χ3v) is 40.5. The maximum atomic E-state index is 7.80. The summed E-state index contributed by atoms with van der Waals surface area (Å²) in [7, 11) is -1.77. The average Bonchev–Trinajstić information content (AvgIpc) is 3.44. The standard InChI is InChI=1S/C58H132O14Si7/c1-17-18-19-20-32-41-50-68-69-51-42-33-24-22-21-23-25-40-49-58-79(70-73(11,12)52-43-34-26-29-37-46-55-76(59-2,60-3)61-4,71-74(13,14)53-44-35-27-30-38-47-56-77(62-5,63-6)64-7)72-75(15,16)54-45-36-28-31-39-48-57-78(65-8,66-9)67-10/h17-58H2,1-16H3. The van der Waals surface area contributed by atoms with Crippen LogP contribution in [0.15, 0.2) is 0 Å². The van der Waals surface area contributed by atoms with Crippen LogP contribution in [0.2, 0.25) is 81.6 Å². The molecule has 0 fully saturated rings. The summed E-state index contributed by atoms with van der Waals surface area (Å²) in [6.07, 6.45) is 39.9. The molecule has 0 aromatic carbocycles. The van der Waals surface area contributed by atoms with Crippen molar-refractivity contribution in [1.82, 2.24) is 0 Å². The monoisotopic (exact) mass is 1250 g/mol. The molecule has 0 saturated heterocycles. The molecule has 0 rings (SSSR count). The van der Waals surface area contributed by atoms with Gasteiger partial charge in [-0.2, -0.15) is 0 Å². The van der Waals surface area contributed by atoms with Crippen molar-refractivity contribution < 1.29 is 62.0 Å². The Labute approximate surface area is 497 Å². The molecule has 0 unspecified atom stereocenters. The van der Waals surface area contributed by atoms with Gasteiger partial charge in [0.25, 0.3) is 0 Å². The molecule has 0 amide bonds. The minimum atomic E-state index is -3.09. The highest BCUT2D eigenvalue weighted by atomic mass is 28.5. The average molecular weight is 1250 g/mol. The predicted octanol–water partition coefficient (Wildman–Crippen LogP) is 18.1. The van der Waals surface area contributed by atoms with Gasteiger partial charge in [-0.1, -0.05) is 180 Å². The molecule has 0 radical (unpaired) electrons. The Morgan fingerprint density at radius 2 is 0.380 bits per heavy atom. The van der Waals surface area contributed by atoms with Crippen LogP contribution in [0.5, 0.6) is 0 Å². The number of hydrogen-bond acceptors (Lipinski definition) is 14. The van der Waals surface area contributed by atoms with Crippen molar-refractivity contribution in [2.75, 3.05) is 77.2 Å². The summed E-state index contributed by atoms with van der Waals surface area (Å²) in [5.41, 5.74) is 0. The minimum absolute atomic E-state index is 0.709. The Morgan fingerprint density at radius 3 is 0.595 bits per heavy atom. The lowest BCUT2D eigenvalue weighted by atomic mass is 10.1. The van der Waals surface area contributed by atoms with Crippen molar-refractivity contribution in [1.29, 1.82) is 0 Å². The molecule has 0 N–H and O–H groups in total. The van der Waals surface area contributed by atoms with Crippen LogP contribution >= 0.6 is 0 Å². The molecule has 0 bridgehead atoms. The second kappa shape index (κ2) is 49.0. The number of unbranched alkanes of at least 4 members (excludes halogenated alkanes) is 28. The molecule has 0 aromatic heterocycles. The third-order valence-electron chi connectivity index (χ3n) is 16.0. The molecule has 0 atom stereocenters. The van der Waals surface area contributed by atoms with Gasteiger partial charge in [0.2, 0.25) is 0 Å². The van der Waals surface area contributed by atoms with Gasteiger partial charge in [0.05, 0.1) is 13.2 Å². The van der Waals surface area contributed by atoms with Crippen LogP contribution in [0.3, 0.4) is 0 Å². The van der Waals surface area contributed by atoms with E-state index in [1.807, 2.05) is 0 Å². The van der Waals surface area contributed by atoms with Gasteiger partial charge in [0.15, 0.2) is 25.0 Å². The van der Waals surface area contributed by atoms with Gasteiger partial charge >= 0.3 is 35.2 Å². The Morgan fingerprint density at radius 1 is 0.203 bits per heavy atom.